The van der Waals surface area contributed by atoms with Crippen molar-refractivity contribution in [1.29, 1.82) is 0 Å². The number of hydrogen-bond acceptors (Lipinski definition) is 3. The Kier molecular flexibility index (Phi) is 4.11. The third-order valence-corrected chi connectivity index (χ3v) is 6.03. The molecule has 0 aliphatic carbocycles. The molecule has 0 aromatic heterocycles. The van der Waals surface area contributed by atoms with Crippen molar-refractivity contribution in [1.82, 2.24) is 4.31 Å². The highest BCUT2D eigenvalue weighted by atomic mass is 79.9. The van der Waals surface area contributed by atoms with Crippen LogP contribution < -0.4 is 0 Å². The van der Waals surface area contributed by atoms with Gasteiger partial charge in [0.15, 0.2) is 0 Å². The fraction of sp³-hybridized carbons (Fsp3) is 0.500. The van der Waals surface area contributed by atoms with Crippen molar-refractivity contribution < 1.29 is 13.5 Å². The van der Waals surface area contributed by atoms with E-state index in [1.165, 1.54) is 4.31 Å². The van der Waals surface area contributed by atoms with Gasteiger partial charge in [0.25, 0.3) is 0 Å². The van der Waals surface area contributed by atoms with E-state index in [2.05, 4.69) is 22.9 Å². The molecule has 1 aliphatic rings. The van der Waals surface area contributed by atoms with Crippen molar-refractivity contribution in [2.45, 2.75) is 24.8 Å². The van der Waals surface area contributed by atoms with E-state index in [-0.39, 0.29) is 11.5 Å². The number of sulfonamides is 1. The molecule has 1 unspecified atom stereocenters. The zero-order chi connectivity index (χ0) is 13.3. The van der Waals surface area contributed by atoms with Gasteiger partial charge in [-0.15, -0.1) is 0 Å². The van der Waals surface area contributed by atoms with Crippen molar-refractivity contribution >= 4 is 26.0 Å². The normalized spacial score (nSPS) is 21.4. The van der Waals surface area contributed by atoms with Gasteiger partial charge in [-0.25, -0.2) is 8.42 Å². The first kappa shape index (κ1) is 14.0. The van der Waals surface area contributed by atoms with Crippen LogP contribution in [0.4, 0.5) is 0 Å². The van der Waals surface area contributed by atoms with Crippen LogP contribution in [0.15, 0.2) is 27.6 Å². The summed E-state index contributed by atoms with van der Waals surface area (Å²) in [4.78, 5) is 0.272. The summed E-state index contributed by atoms with van der Waals surface area (Å²) in [7, 11) is -3.42. The minimum absolute atomic E-state index is 0.0975. The van der Waals surface area contributed by atoms with E-state index in [1.807, 2.05) is 0 Å². The standard InChI is InChI=1S/C12H16BrNO3S/c1-9-4-5-14(7-9)18(16,17)12-3-2-10(8-15)6-11(12)13/h2-3,6,9,15H,4-5,7-8H2,1H3. The van der Waals surface area contributed by atoms with Gasteiger partial charge in [-0.3, -0.25) is 0 Å². The van der Waals surface area contributed by atoms with Crippen LogP contribution in [0.25, 0.3) is 0 Å². The van der Waals surface area contributed by atoms with Gasteiger partial charge in [-0.05, 0) is 46.0 Å². The summed E-state index contributed by atoms with van der Waals surface area (Å²) in [6.45, 7) is 3.12. The molecule has 0 amide bonds. The molecule has 1 saturated heterocycles. The predicted molar refractivity (Wildman–Crippen MR) is 72.6 cm³/mol. The predicted octanol–water partition coefficient (Wildman–Crippen LogP) is 1.97. The summed E-state index contributed by atoms with van der Waals surface area (Å²) in [5.41, 5.74) is 0.690. The van der Waals surface area contributed by atoms with E-state index < -0.39 is 10.0 Å². The number of halogens is 1. The highest BCUT2D eigenvalue weighted by molar-refractivity contribution is 9.10. The van der Waals surface area contributed by atoms with Gasteiger partial charge < -0.3 is 5.11 Å². The zero-order valence-electron chi connectivity index (χ0n) is 10.1. The minimum atomic E-state index is -3.42. The lowest BCUT2D eigenvalue weighted by Crippen LogP contribution is -2.29. The molecule has 4 nitrogen and oxygen atoms in total. The second-order valence-corrected chi connectivity index (χ2v) is 7.44. The SMILES string of the molecule is CC1CCN(S(=O)(=O)c2ccc(CO)cc2Br)C1. The van der Waals surface area contributed by atoms with E-state index in [0.717, 1.165) is 6.42 Å². The highest BCUT2D eigenvalue weighted by Gasteiger charge is 2.31. The van der Waals surface area contributed by atoms with Crippen molar-refractivity contribution in [3.63, 3.8) is 0 Å². The number of aliphatic hydroxyl groups is 1. The molecule has 18 heavy (non-hydrogen) atoms. The maximum absolute atomic E-state index is 12.4. The Morgan fingerprint density at radius 1 is 1.50 bits per heavy atom. The molecule has 1 aromatic rings. The van der Waals surface area contributed by atoms with Crippen molar-refractivity contribution in [3.8, 4) is 0 Å². The van der Waals surface area contributed by atoms with E-state index in [1.54, 1.807) is 18.2 Å². The number of aliphatic hydroxyl groups excluding tert-OH is 1. The lowest BCUT2D eigenvalue weighted by atomic mass is 10.2. The summed E-state index contributed by atoms with van der Waals surface area (Å²) >= 11 is 3.27. The van der Waals surface area contributed by atoms with Crippen LogP contribution in [0, 0.1) is 5.92 Å². The smallest absolute Gasteiger partial charge is 0.244 e. The van der Waals surface area contributed by atoms with Crippen LogP contribution in [0.3, 0.4) is 0 Å². The first-order valence-electron chi connectivity index (χ1n) is 5.84. The first-order chi connectivity index (χ1) is 8.45. The fourth-order valence-electron chi connectivity index (χ4n) is 2.10. The molecule has 0 radical (unpaired) electrons. The Morgan fingerprint density at radius 2 is 2.22 bits per heavy atom. The second-order valence-electron chi connectivity index (χ2n) is 4.68. The summed E-state index contributed by atoms with van der Waals surface area (Å²) in [5.74, 6) is 0.412. The molecule has 0 bridgehead atoms. The third kappa shape index (κ3) is 2.61. The molecule has 1 atom stereocenters. The van der Waals surface area contributed by atoms with Crippen LogP contribution in [-0.4, -0.2) is 30.9 Å². The fourth-order valence-corrected chi connectivity index (χ4v) is 4.76. The van der Waals surface area contributed by atoms with Crippen molar-refractivity contribution in [3.05, 3.63) is 28.2 Å². The second kappa shape index (κ2) is 5.28. The molecule has 1 aliphatic heterocycles. The zero-order valence-corrected chi connectivity index (χ0v) is 12.5. The number of rotatable bonds is 3. The topological polar surface area (TPSA) is 57.6 Å². The summed E-state index contributed by atoms with van der Waals surface area (Å²) in [5, 5.41) is 9.02. The summed E-state index contributed by atoms with van der Waals surface area (Å²) < 4.78 is 26.9. The van der Waals surface area contributed by atoms with Crippen LogP contribution in [0.1, 0.15) is 18.9 Å². The average Bonchev–Trinajstić information content (AvgIpc) is 2.76. The summed E-state index contributed by atoms with van der Waals surface area (Å²) in [6, 6.07) is 4.83. The first-order valence-corrected chi connectivity index (χ1v) is 8.08. The molecular weight excluding hydrogens is 318 g/mol. The Balaban J connectivity index is 2.36. The van der Waals surface area contributed by atoms with Gasteiger partial charge in [0.2, 0.25) is 10.0 Å². The van der Waals surface area contributed by atoms with Crippen LogP contribution in [0.5, 0.6) is 0 Å². The van der Waals surface area contributed by atoms with Crippen LogP contribution in [-0.2, 0) is 16.6 Å². The maximum atomic E-state index is 12.4. The summed E-state index contributed by atoms with van der Waals surface area (Å²) in [6.07, 6.45) is 0.908. The van der Waals surface area contributed by atoms with E-state index in [4.69, 9.17) is 5.11 Å². The molecule has 100 valence electrons. The minimum Gasteiger partial charge on any atom is -0.392 e. The quantitative estimate of drug-likeness (QED) is 0.920. The van der Waals surface area contributed by atoms with Gasteiger partial charge in [-0.1, -0.05) is 13.0 Å². The number of benzene rings is 1. The van der Waals surface area contributed by atoms with Crippen molar-refractivity contribution in [2.75, 3.05) is 13.1 Å². The Bertz CT molecular complexity index is 544. The lowest BCUT2D eigenvalue weighted by molar-refractivity contribution is 0.281. The molecule has 1 heterocycles. The van der Waals surface area contributed by atoms with Crippen molar-refractivity contribution in [2.24, 2.45) is 5.92 Å². The molecule has 1 N–H and O–H groups in total. The Hall–Kier alpha value is -0.430. The Morgan fingerprint density at radius 3 is 2.72 bits per heavy atom. The van der Waals surface area contributed by atoms with E-state index >= 15 is 0 Å². The maximum Gasteiger partial charge on any atom is 0.244 e. The molecule has 1 fully saturated rings. The van der Waals surface area contributed by atoms with Crippen LogP contribution >= 0.6 is 15.9 Å². The molecule has 6 heteroatoms. The molecule has 0 saturated carbocycles. The molecular formula is C12H16BrNO3S. The van der Waals surface area contributed by atoms with Gasteiger partial charge in [0.1, 0.15) is 0 Å². The highest BCUT2D eigenvalue weighted by Crippen LogP contribution is 2.29. The van der Waals surface area contributed by atoms with Gasteiger partial charge in [-0.2, -0.15) is 4.31 Å². The lowest BCUT2D eigenvalue weighted by Gasteiger charge is -2.17. The number of nitrogens with zero attached hydrogens (tertiary/aromatic N) is 1. The average molecular weight is 334 g/mol. The van der Waals surface area contributed by atoms with E-state index in [0.29, 0.717) is 29.0 Å². The molecule has 0 spiro atoms. The van der Waals surface area contributed by atoms with Crippen LogP contribution in [0.2, 0.25) is 0 Å². The molecule has 2 rings (SSSR count). The van der Waals surface area contributed by atoms with E-state index in [9.17, 15) is 8.42 Å². The van der Waals surface area contributed by atoms with Gasteiger partial charge in [0, 0.05) is 17.6 Å². The third-order valence-electron chi connectivity index (χ3n) is 3.18. The molecule has 1 aromatic carbocycles. The largest absolute Gasteiger partial charge is 0.392 e. The Labute approximate surface area is 116 Å². The number of hydrogen-bond donors (Lipinski definition) is 1. The van der Waals surface area contributed by atoms with Gasteiger partial charge >= 0.3 is 0 Å². The van der Waals surface area contributed by atoms with Gasteiger partial charge in [0.05, 0.1) is 11.5 Å². The monoisotopic (exact) mass is 333 g/mol.